The minimum atomic E-state index is 0.150. The number of nitrogens with zero attached hydrogens (tertiary/aromatic N) is 1. The van der Waals surface area contributed by atoms with Crippen LogP contribution in [0.1, 0.15) is 117 Å². The van der Waals surface area contributed by atoms with Crippen molar-refractivity contribution >= 4 is 17.1 Å². The minimum absolute atomic E-state index is 0.150. The lowest BCUT2D eigenvalue weighted by atomic mass is 9.65. The first-order valence-electron chi connectivity index (χ1n) is 23.5. The maximum Gasteiger partial charge on any atom is 0.130 e. The highest BCUT2D eigenvalue weighted by Crippen LogP contribution is 2.57. The lowest BCUT2D eigenvalue weighted by molar-refractivity contribution is 0.126. The molecule has 61 heavy (non-hydrogen) atoms. The van der Waals surface area contributed by atoms with Gasteiger partial charge in [0.05, 0.1) is 11.7 Å². The van der Waals surface area contributed by atoms with Gasteiger partial charge in [0.25, 0.3) is 0 Å². The van der Waals surface area contributed by atoms with Gasteiger partial charge in [-0.25, -0.2) is 4.99 Å². The Morgan fingerprint density at radius 1 is 0.705 bits per heavy atom. The fraction of sp³-hybridized carbons (Fsp3) is 0.328. The average Bonchev–Trinajstić information content (AvgIpc) is 3.73. The summed E-state index contributed by atoms with van der Waals surface area (Å²) in [5, 5.41) is 3.89. The van der Waals surface area contributed by atoms with Crippen molar-refractivity contribution in [2.45, 2.75) is 107 Å². The van der Waals surface area contributed by atoms with Gasteiger partial charge in [-0.2, -0.15) is 0 Å². The number of hydrogen-bond acceptors (Lipinski definition) is 3. The van der Waals surface area contributed by atoms with Crippen LogP contribution in [0.5, 0.6) is 0 Å². The van der Waals surface area contributed by atoms with Crippen LogP contribution >= 0.6 is 0 Å². The van der Waals surface area contributed by atoms with Crippen molar-refractivity contribution in [3.05, 3.63) is 212 Å². The molecule has 304 valence electrons. The summed E-state index contributed by atoms with van der Waals surface area (Å²) in [5.41, 5.74) is 20.7. The number of nitrogens with one attached hydrogen (secondary N) is 1. The molecule has 0 amide bonds. The van der Waals surface area contributed by atoms with Crippen LogP contribution in [0.15, 0.2) is 189 Å². The Balaban J connectivity index is 0.821. The van der Waals surface area contributed by atoms with E-state index in [2.05, 4.69) is 145 Å². The topological polar surface area (TPSA) is 33.6 Å². The number of rotatable bonds is 6. The molecule has 2 heterocycles. The van der Waals surface area contributed by atoms with E-state index in [0.717, 1.165) is 88.6 Å². The van der Waals surface area contributed by atoms with Gasteiger partial charge in [0.2, 0.25) is 0 Å². The largest absolute Gasteiger partial charge is 0.489 e. The zero-order valence-electron chi connectivity index (χ0n) is 35.3. The van der Waals surface area contributed by atoms with Crippen LogP contribution in [-0.4, -0.2) is 18.0 Å². The Morgan fingerprint density at radius 3 is 2.48 bits per heavy atom. The molecule has 0 saturated heterocycles. The summed E-state index contributed by atoms with van der Waals surface area (Å²) in [6, 6.07) is 29.9. The maximum absolute atomic E-state index is 7.15. The van der Waals surface area contributed by atoms with Crippen LogP contribution in [0, 0.1) is 11.8 Å². The number of amidine groups is 1. The monoisotopic (exact) mass is 796 g/mol. The molecule has 3 aromatic rings. The zero-order valence-corrected chi connectivity index (χ0v) is 35.3. The second kappa shape index (κ2) is 15.7. The Labute approximate surface area is 362 Å². The Morgan fingerprint density at radius 2 is 1.57 bits per heavy atom. The van der Waals surface area contributed by atoms with Crippen molar-refractivity contribution in [2.24, 2.45) is 16.8 Å². The molecule has 3 nitrogen and oxygen atoms in total. The van der Waals surface area contributed by atoms with Crippen molar-refractivity contribution in [3.8, 4) is 0 Å². The Kier molecular flexibility index (Phi) is 9.53. The predicted octanol–water partition coefficient (Wildman–Crippen LogP) is 13.7. The molecule has 6 unspecified atom stereocenters. The second-order valence-electron chi connectivity index (χ2n) is 18.7. The van der Waals surface area contributed by atoms with E-state index in [1.165, 1.54) is 56.7 Å². The van der Waals surface area contributed by atoms with Gasteiger partial charge in [-0.05, 0) is 150 Å². The van der Waals surface area contributed by atoms with Crippen molar-refractivity contribution in [1.82, 2.24) is 5.32 Å². The molecule has 0 radical (unpaired) electrons. The van der Waals surface area contributed by atoms with Crippen molar-refractivity contribution in [3.63, 3.8) is 0 Å². The molecular weight excluding hydrogens is 741 g/mol. The Hall–Kier alpha value is -5.67. The van der Waals surface area contributed by atoms with E-state index in [-0.39, 0.29) is 18.1 Å². The summed E-state index contributed by atoms with van der Waals surface area (Å²) in [7, 11) is 0. The van der Waals surface area contributed by atoms with E-state index in [1.807, 2.05) is 0 Å². The van der Waals surface area contributed by atoms with Gasteiger partial charge in [0.1, 0.15) is 17.7 Å². The molecule has 0 saturated carbocycles. The second-order valence-corrected chi connectivity index (χ2v) is 18.7. The third-order valence-electron chi connectivity index (χ3n) is 15.4. The maximum atomic E-state index is 7.15. The normalized spacial score (nSPS) is 28.8. The van der Waals surface area contributed by atoms with Gasteiger partial charge >= 0.3 is 0 Å². The van der Waals surface area contributed by atoms with E-state index in [0.29, 0.717) is 17.8 Å². The summed E-state index contributed by atoms with van der Waals surface area (Å²) in [4.78, 5) is 5.19. The number of ether oxygens (including phenoxy) is 1. The van der Waals surface area contributed by atoms with Gasteiger partial charge in [0.15, 0.2) is 0 Å². The lowest BCUT2D eigenvalue weighted by Gasteiger charge is -2.39. The molecule has 0 aromatic heterocycles. The smallest absolute Gasteiger partial charge is 0.130 e. The van der Waals surface area contributed by atoms with E-state index in [4.69, 9.17) is 9.73 Å². The van der Waals surface area contributed by atoms with Crippen LogP contribution in [-0.2, 0) is 11.2 Å². The third-order valence-corrected chi connectivity index (χ3v) is 15.4. The molecule has 1 N–H and O–H groups in total. The first kappa shape index (κ1) is 37.1. The first-order chi connectivity index (χ1) is 30.2. The molecule has 2 aliphatic heterocycles. The van der Waals surface area contributed by atoms with E-state index >= 15 is 0 Å². The highest BCUT2D eigenvalue weighted by atomic mass is 16.5. The van der Waals surface area contributed by atoms with Crippen LogP contribution in [0.3, 0.4) is 0 Å². The van der Waals surface area contributed by atoms with Crippen LogP contribution in [0.4, 0.5) is 0 Å². The third kappa shape index (κ3) is 6.67. The summed E-state index contributed by atoms with van der Waals surface area (Å²) >= 11 is 0. The Bertz CT molecular complexity index is 2650. The molecule has 0 bridgehead atoms. The minimum Gasteiger partial charge on any atom is -0.489 e. The van der Waals surface area contributed by atoms with Crippen molar-refractivity contribution < 1.29 is 4.74 Å². The van der Waals surface area contributed by atoms with E-state index in [1.54, 1.807) is 27.9 Å². The SMILES string of the molecule is C1=CCC(C2=NC(c3ccccc3)=CC(C3=CCC(c4cccc(C5CC6C7=C(CCC=C7C7=C8CCc9ccccc9C8=CCC7)OC6C6=C5CCC=C6)c4)CC3)N2)C=C1. The van der Waals surface area contributed by atoms with E-state index in [9.17, 15) is 0 Å². The summed E-state index contributed by atoms with van der Waals surface area (Å²) in [6.45, 7) is 0. The lowest BCUT2D eigenvalue weighted by Crippen LogP contribution is -2.41. The number of aliphatic imine (C=N–C) groups is 1. The summed E-state index contributed by atoms with van der Waals surface area (Å²) in [5.74, 6) is 4.01. The fourth-order valence-electron chi connectivity index (χ4n) is 12.4. The van der Waals surface area contributed by atoms with Gasteiger partial charge in [-0.1, -0.05) is 139 Å². The molecular formula is C58H56N2O. The molecule has 0 fully saturated rings. The van der Waals surface area contributed by atoms with Crippen molar-refractivity contribution in [1.29, 1.82) is 0 Å². The fourth-order valence-corrected chi connectivity index (χ4v) is 12.4. The molecule has 6 atom stereocenters. The molecule has 3 heteroatoms. The molecule has 7 aliphatic carbocycles. The number of benzene rings is 3. The average molecular weight is 797 g/mol. The number of fused-ring (bicyclic) bond motifs is 6. The quantitative estimate of drug-likeness (QED) is 0.252. The highest BCUT2D eigenvalue weighted by molar-refractivity contribution is 5.94. The van der Waals surface area contributed by atoms with Gasteiger partial charge < -0.3 is 10.1 Å². The van der Waals surface area contributed by atoms with Gasteiger partial charge in [-0.15, -0.1) is 0 Å². The van der Waals surface area contributed by atoms with Crippen LogP contribution < -0.4 is 5.32 Å². The highest BCUT2D eigenvalue weighted by Gasteiger charge is 2.47. The molecule has 0 spiro atoms. The van der Waals surface area contributed by atoms with Crippen molar-refractivity contribution in [2.75, 3.05) is 0 Å². The standard InChI is InChI=1S/C58H56N2O/c1-3-15-39(16-4-1)53-36-54(60-58(59-53)41-17-5-2-6-18-41)40-30-28-37(29-31-40)42-19-11-20-43(34-42)51-35-52-56-49(26-13-27-55(56)61-57(52)50-23-10-9-22-47(50)51)46-25-12-24-45-44-21-8-7-14-38(44)32-33-48(45)46/h1-8,10-11,14-17,19-21,23-24,26,30,34,36-37,41,51-52,54,57H,9,12-13,18,22,25,27-29,31-33,35H2,(H,59,60). The zero-order chi connectivity index (χ0) is 40.3. The van der Waals surface area contributed by atoms with Gasteiger partial charge in [-0.3, -0.25) is 0 Å². The van der Waals surface area contributed by atoms with Crippen LogP contribution in [0.2, 0.25) is 0 Å². The molecule has 12 rings (SSSR count). The predicted molar refractivity (Wildman–Crippen MR) is 251 cm³/mol. The van der Waals surface area contributed by atoms with E-state index < -0.39 is 0 Å². The van der Waals surface area contributed by atoms with Gasteiger partial charge in [0, 0.05) is 29.7 Å². The summed E-state index contributed by atoms with van der Waals surface area (Å²) in [6.07, 6.45) is 38.3. The molecule has 9 aliphatic rings. The van der Waals surface area contributed by atoms with Crippen LogP contribution in [0.25, 0.3) is 11.3 Å². The first-order valence-corrected chi connectivity index (χ1v) is 23.5. The number of aryl methyl sites for hydroxylation is 1. The number of hydrogen-bond donors (Lipinski definition) is 1. The number of allylic oxidation sites excluding steroid dienone is 13. The summed E-state index contributed by atoms with van der Waals surface area (Å²) < 4.78 is 7.15. The molecule has 3 aromatic carbocycles.